The van der Waals surface area contributed by atoms with Gasteiger partial charge in [0.1, 0.15) is 10.6 Å². The van der Waals surface area contributed by atoms with Crippen molar-refractivity contribution in [1.29, 1.82) is 0 Å². The number of nitrogens with zero attached hydrogens (tertiary/aromatic N) is 3. The Labute approximate surface area is 148 Å². The van der Waals surface area contributed by atoms with Gasteiger partial charge in [0, 0.05) is 19.0 Å². The Bertz CT molecular complexity index is 901. The number of amides is 1. The molecule has 5 nitrogen and oxygen atoms in total. The second-order valence-electron chi connectivity index (χ2n) is 5.91. The molecule has 7 heteroatoms. The van der Waals surface area contributed by atoms with Crippen LogP contribution >= 0.6 is 22.7 Å². The lowest BCUT2D eigenvalue weighted by atomic mass is 10.2. The number of aromatic nitrogens is 2. The van der Waals surface area contributed by atoms with Crippen LogP contribution in [0.5, 0.6) is 0 Å². The number of hydrogen-bond acceptors (Lipinski definition) is 6. The molecular weight excluding hydrogens is 340 g/mol. The van der Waals surface area contributed by atoms with E-state index in [0.717, 1.165) is 39.6 Å². The summed E-state index contributed by atoms with van der Waals surface area (Å²) in [6.45, 7) is 0.289. The third-order valence-corrected chi connectivity index (χ3v) is 6.36. The maximum atomic E-state index is 11.8. The number of hydrogen-bond donors (Lipinski definition) is 1. The summed E-state index contributed by atoms with van der Waals surface area (Å²) >= 11 is 3.42. The number of carbonyl (C=O) groups is 1. The summed E-state index contributed by atoms with van der Waals surface area (Å²) in [5.41, 5.74) is 1.38. The smallest absolute Gasteiger partial charge is 0.239 e. The molecule has 124 valence electrons. The molecule has 4 rings (SSSR count). The summed E-state index contributed by atoms with van der Waals surface area (Å²) in [4.78, 5) is 26.9. The van der Waals surface area contributed by atoms with Crippen molar-refractivity contribution in [3.63, 3.8) is 0 Å². The van der Waals surface area contributed by atoms with E-state index in [4.69, 9.17) is 9.97 Å². The molecule has 0 unspecified atom stereocenters. The quantitative estimate of drug-likeness (QED) is 0.779. The SMILES string of the molecule is CNC(=O)CN(C)c1nc(-c2cccs2)nc2sc3c(c12)CCC3. The highest BCUT2D eigenvalue weighted by Crippen LogP contribution is 2.41. The van der Waals surface area contributed by atoms with Crippen LogP contribution in [0.4, 0.5) is 5.82 Å². The highest BCUT2D eigenvalue weighted by molar-refractivity contribution is 7.19. The summed E-state index contributed by atoms with van der Waals surface area (Å²) in [5.74, 6) is 1.59. The van der Waals surface area contributed by atoms with Crippen molar-refractivity contribution in [3.8, 4) is 10.7 Å². The number of fused-ring (bicyclic) bond motifs is 3. The van der Waals surface area contributed by atoms with Gasteiger partial charge in [0.2, 0.25) is 5.91 Å². The fraction of sp³-hybridized carbons (Fsp3) is 0.353. The molecule has 3 aromatic heterocycles. The topological polar surface area (TPSA) is 58.1 Å². The zero-order chi connectivity index (χ0) is 16.7. The monoisotopic (exact) mass is 358 g/mol. The van der Waals surface area contributed by atoms with E-state index in [1.807, 2.05) is 29.5 Å². The van der Waals surface area contributed by atoms with Crippen molar-refractivity contribution < 1.29 is 4.79 Å². The number of thiophene rings is 2. The second-order valence-corrected chi connectivity index (χ2v) is 7.95. The lowest BCUT2D eigenvalue weighted by molar-refractivity contribution is -0.119. The van der Waals surface area contributed by atoms with Crippen LogP contribution in [0.15, 0.2) is 17.5 Å². The first-order chi connectivity index (χ1) is 11.7. The summed E-state index contributed by atoms with van der Waals surface area (Å²) in [7, 11) is 3.58. The molecule has 1 aliphatic carbocycles. The van der Waals surface area contributed by atoms with E-state index in [2.05, 4.69) is 5.32 Å². The van der Waals surface area contributed by atoms with E-state index < -0.39 is 0 Å². The van der Waals surface area contributed by atoms with Gasteiger partial charge in [-0.05, 0) is 36.3 Å². The normalized spacial score (nSPS) is 13.2. The van der Waals surface area contributed by atoms with Crippen LogP contribution in [0.1, 0.15) is 16.9 Å². The van der Waals surface area contributed by atoms with Crippen molar-refractivity contribution in [1.82, 2.24) is 15.3 Å². The van der Waals surface area contributed by atoms with Crippen LogP contribution in [-0.4, -0.2) is 36.5 Å². The van der Waals surface area contributed by atoms with Crippen molar-refractivity contribution >= 4 is 44.6 Å². The largest absolute Gasteiger partial charge is 0.358 e. The van der Waals surface area contributed by atoms with Crippen LogP contribution in [0.3, 0.4) is 0 Å². The summed E-state index contributed by atoms with van der Waals surface area (Å²) in [6.07, 6.45) is 3.41. The third kappa shape index (κ3) is 2.57. The third-order valence-electron chi connectivity index (χ3n) is 4.31. The highest BCUT2D eigenvalue weighted by atomic mass is 32.1. The molecule has 1 aliphatic rings. The Morgan fingerprint density at radius 2 is 2.25 bits per heavy atom. The first-order valence-corrected chi connectivity index (χ1v) is 9.65. The molecule has 0 radical (unpaired) electrons. The van der Waals surface area contributed by atoms with Crippen LogP contribution in [-0.2, 0) is 17.6 Å². The molecule has 0 saturated carbocycles. The molecule has 24 heavy (non-hydrogen) atoms. The van der Waals surface area contributed by atoms with Gasteiger partial charge in [-0.3, -0.25) is 4.79 Å². The maximum absolute atomic E-state index is 11.8. The van der Waals surface area contributed by atoms with E-state index in [0.29, 0.717) is 0 Å². The van der Waals surface area contributed by atoms with Gasteiger partial charge in [-0.15, -0.1) is 22.7 Å². The molecule has 0 aliphatic heterocycles. The zero-order valence-electron chi connectivity index (χ0n) is 13.6. The number of rotatable bonds is 4. The fourth-order valence-corrected chi connectivity index (χ4v) is 5.05. The van der Waals surface area contributed by atoms with Crippen LogP contribution in [0.2, 0.25) is 0 Å². The fourth-order valence-electron chi connectivity index (χ4n) is 3.14. The minimum Gasteiger partial charge on any atom is -0.358 e. The summed E-state index contributed by atoms with van der Waals surface area (Å²) < 4.78 is 0. The Kier molecular flexibility index (Phi) is 3.97. The van der Waals surface area contributed by atoms with Gasteiger partial charge in [-0.25, -0.2) is 9.97 Å². The zero-order valence-corrected chi connectivity index (χ0v) is 15.3. The molecule has 1 amide bonds. The van der Waals surface area contributed by atoms with Crippen LogP contribution < -0.4 is 10.2 Å². The van der Waals surface area contributed by atoms with E-state index >= 15 is 0 Å². The Balaban J connectivity index is 1.89. The molecule has 0 fully saturated rings. The van der Waals surface area contributed by atoms with Gasteiger partial charge >= 0.3 is 0 Å². The number of likely N-dealkylation sites (N-methyl/N-ethyl adjacent to an activating group) is 2. The first-order valence-electron chi connectivity index (χ1n) is 7.95. The lowest BCUT2D eigenvalue weighted by Gasteiger charge is -2.19. The molecule has 0 aromatic carbocycles. The minimum absolute atomic E-state index is 0.0196. The first kappa shape index (κ1) is 15.5. The number of carbonyl (C=O) groups excluding carboxylic acids is 1. The van der Waals surface area contributed by atoms with Gasteiger partial charge in [-0.2, -0.15) is 0 Å². The van der Waals surface area contributed by atoms with Crippen molar-refractivity contribution in [2.45, 2.75) is 19.3 Å². The van der Waals surface area contributed by atoms with E-state index in [1.54, 1.807) is 29.7 Å². The minimum atomic E-state index is -0.0196. The van der Waals surface area contributed by atoms with Gasteiger partial charge in [-0.1, -0.05) is 6.07 Å². The predicted octanol–water partition coefficient (Wildman–Crippen LogP) is 3.09. The van der Waals surface area contributed by atoms with Gasteiger partial charge in [0.15, 0.2) is 5.82 Å². The standard InChI is InChI=1S/C17H18N4OS2/c1-18-13(22)9-21(2)16-14-10-5-3-6-11(10)24-17(14)20-15(19-16)12-7-4-8-23-12/h4,7-8H,3,5-6,9H2,1-2H3,(H,18,22). The van der Waals surface area contributed by atoms with Crippen molar-refractivity contribution in [2.75, 3.05) is 25.5 Å². The van der Waals surface area contributed by atoms with E-state index in [9.17, 15) is 4.79 Å². The van der Waals surface area contributed by atoms with Gasteiger partial charge in [0.05, 0.1) is 16.8 Å². The van der Waals surface area contributed by atoms with Gasteiger partial charge in [0.25, 0.3) is 0 Å². The maximum Gasteiger partial charge on any atom is 0.239 e. The summed E-state index contributed by atoms with van der Waals surface area (Å²) in [6, 6.07) is 4.05. The Morgan fingerprint density at radius 1 is 1.38 bits per heavy atom. The predicted molar refractivity (Wildman–Crippen MR) is 100 cm³/mol. The molecule has 0 saturated heterocycles. The summed E-state index contributed by atoms with van der Waals surface area (Å²) in [5, 5.41) is 5.85. The van der Waals surface area contributed by atoms with Crippen LogP contribution in [0.25, 0.3) is 20.9 Å². The molecule has 0 bridgehead atoms. The lowest BCUT2D eigenvalue weighted by Crippen LogP contribution is -2.33. The molecule has 3 aromatic rings. The average Bonchev–Trinajstić information content (AvgIpc) is 3.29. The van der Waals surface area contributed by atoms with Crippen molar-refractivity contribution in [3.05, 3.63) is 28.0 Å². The van der Waals surface area contributed by atoms with Crippen LogP contribution in [0, 0.1) is 0 Å². The second kappa shape index (κ2) is 6.14. The molecule has 1 N–H and O–H groups in total. The number of nitrogens with one attached hydrogen (secondary N) is 1. The Hall–Kier alpha value is -1.99. The number of aryl methyl sites for hydroxylation is 2. The molecule has 3 heterocycles. The van der Waals surface area contributed by atoms with Crippen molar-refractivity contribution in [2.24, 2.45) is 0 Å². The van der Waals surface area contributed by atoms with E-state index in [-0.39, 0.29) is 12.5 Å². The Morgan fingerprint density at radius 3 is 3.00 bits per heavy atom. The molecule has 0 atom stereocenters. The average molecular weight is 358 g/mol. The molecule has 0 spiro atoms. The number of anilines is 1. The molecular formula is C17H18N4OS2. The van der Waals surface area contributed by atoms with E-state index in [1.165, 1.54) is 16.9 Å². The van der Waals surface area contributed by atoms with Gasteiger partial charge < -0.3 is 10.2 Å². The highest BCUT2D eigenvalue weighted by Gasteiger charge is 2.24.